The van der Waals surface area contributed by atoms with E-state index in [9.17, 15) is 14.7 Å². The number of hydrogen-bond acceptors (Lipinski definition) is 5. The second-order valence-electron chi connectivity index (χ2n) is 10.4. The Morgan fingerprint density at radius 3 is 2.25 bits per heavy atom. The van der Waals surface area contributed by atoms with E-state index in [1.54, 1.807) is 19.9 Å². The largest absolute Gasteiger partial charge is 0.478 e. The fourth-order valence-electron chi connectivity index (χ4n) is 4.53. The van der Waals surface area contributed by atoms with Gasteiger partial charge in [-0.1, -0.05) is 62.8 Å². The van der Waals surface area contributed by atoms with Gasteiger partial charge in [-0.25, -0.2) is 9.59 Å². The van der Waals surface area contributed by atoms with Crippen LogP contribution in [0.5, 0.6) is 0 Å². The van der Waals surface area contributed by atoms with Crippen molar-refractivity contribution in [1.29, 1.82) is 0 Å². The molecule has 7 heteroatoms. The van der Waals surface area contributed by atoms with Crippen LogP contribution in [0.2, 0.25) is 0 Å². The van der Waals surface area contributed by atoms with Crippen molar-refractivity contribution in [3.05, 3.63) is 59.8 Å². The zero-order chi connectivity index (χ0) is 26.9. The number of aliphatic hydroxyl groups excluding tert-OH is 1. The van der Waals surface area contributed by atoms with Crippen molar-refractivity contribution in [3.8, 4) is 0 Å². The molecule has 200 valence electrons. The van der Waals surface area contributed by atoms with Crippen molar-refractivity contribution in [3.63, 3.8) is 0 Å². The van der Waals surface area contributed by atoms with Crippen LogP contribution in [0.15, 0.2) is 59.8 Å². The van der Waals surface area contributed by atoms with Crippen LogP contribution in [-0.4, -0.2) is 51.4 Å². The first-order chi connectivity index (χ1) is 16.9. The standard InChI is InChI=1S/C29H42O7/c1-19(6-10-24(30)21(3)9-13-27(31)32)7-11-25-22(4)14-16-29(35-25)17-15-23(5)26(36-29)12-8-20(2)18-28(33)34/h6-10,12-13,18,21-26,30H,11,14-17H2,1-5H3,(H,31,32)(H,33,34)/b10-6+,12-8+,13-9+,19-7+,20-18+/t21?,22-,23-,24?,25+,26-,29-/m0/s1. The van der Waals surface area contributed by atoms with Crippen molar-refractivity contribution < 1.29 is 34.4 Å². The lowest BCUT2D eigenvalue weighted by atomic mass is 9.83. The number of ether oxygens (including phenoxy) is 2. The second kappa shape index (κ2) is 13.7. The van der Waals surface area contributed by atoms with Gasteiger partial charge in [0, 0.05) is 30.9 Å². The van der Waals surface area contributed by atoms with Gasteiger partial charge in [0.05, 0.1) is 18.3 Å². The minimum absolute atomic E-state index is 0.0103. The van der Waals surface area contributed by atoms with Crippen molar-refractivity contribution in [1.82, 2.24) is 0 Å². The van der Waals surface area contributed by atoms with Gasteiger partial charge in [0.15, 0.2) is 5.79 Å². The molecule has 2 unspecified atom stereocenters. The van der Waals surface area contributed by atoms with Gasteiger partial charge < -0.3 is 24.8 Å². The van der Waals surface area contributed by atoms with E-state index in [-0.39, 0.29) is 18.1 Å². The summed E-state index contributed by atoms with van der Waals surface area (Å²) in [7, 11) is 0. The van der Waals surface area contributed by atoms with E-state index in [0.717, 1.165) is 43.8 Å². The quantitative estimate of drug-likeness (QED) is 0.270. The summed E-state index contributed by atoms with van der Waals surface area (Å²) in [6, 6.07) is 0. The van der Waals surface area contributed by atoms with Gasteiger partial charge in [-0.2, -0.15) is 0 Å². The molecule has 0 aromatic carbocycles. The molecule has 0 amide bonds. The summed E-state index contributed by atoms with van der Waals surface area (Å²) >= 11 is 0. The highest BCUT2D eigenvalue weighted by Crippen LogP contribution is 2.43. The number of allylic oxidation sites excluding steroid dienone is 4. The second-order valence-corrected chi connectivity index (χ2v) is 10.4. The Morgan fingerprint density at radius 1 is 0.944 bits per heavy atom. The Balaban J connectivity index is 2.01. The summed E-state index contributed by atoms with van der Waals surface area (Å²) in [5.41, 5.74) is 1.67. The first-order valence-electron chi connectivity index (χ1n) is 12.8. The maximum Gasteiger partial charge on any atom is 0.328 e. The Morgan fingerprint density at radius 2 is 1.61 bits per heavy atom. The molecule has 2 rings (SSSR count). The number of hydrogen-bond donors (Lipinski definition) is 3. The van der Waals surface area contributed by atoms with Gasteiger partial charge >= 0.3 is 11.9 Å². The number of carboxylic acid groups (broad SMARTS) is 2. The molecule has 0 aliphatic carbocycles. The maximum absolute atomic E-state index is 10.9. The fourth-order valence-corrected chi connectivity index (χ4v) is 4.53. The first kappa shape index (κ1) is 29.7. The molecule has 7 atom stereocenters. The van der Waals surface area contributed by atoms with Crippen LogP contribution >= 0.6 is 0 Å². The van der Waals surface area contributed by atoms with Crippen LogP contribution in [-0.2, 0) is 19.1 Å². The minimum atomic E-state index is -1.03. The van der Waals surface area contributed by atoms with Crippen LogP contribution < -0.4 is 0 Å². The topological polar surface area (TPSA) is 113 Å². The van der Waals surface area contributed by atoms with Gasteiger partial charge in [0.2, 0.25) is 0 Å². The van der Waals surface area contributed by atoms with Crippen LogP contribution in [0.1, 0.15) is 66.7 Å². The molecule has 2 heterocycles. The fraction of sp³-hybridized carbons (Fsp3) is 0.586. The molecule has 0 aromatic rings. The van der Waals surface area contributed by atoms with Crippen molar-refractivity contribution in [2.24, 2.45) is 17.8 Å². The predicted octanol–water partition coefficient (Wildman–Crippen LogP) is 5.43. The molecule has 1 spiro atoms. The molecule has 3 N–H and O–H groups in total. The van der Waals surface area contributed by atoms with Crippen molar-refractivity contribution in [2.75, 3.05) is 0 Å². The zero-order valence-electron chi connectivity index (χ0n) is 22.1. The monoisotopic (exact) mass is 502 g/mol. The summed E-state index contributed by atoms with van der Waals surface area (Å²) in [6.45, 7) is 9.84. The Hall–Kier alpha value is -2.48. The third kappa shape index (κ3) is 9.52. The predicted molar refractivity (Wildman–Crippen MR) is 139 cm³/mol. The molecular formula is C29H42O7. The van der Waals surface area contributed by atoms with Gasteiger partial charge in [-0.15, -0.1) is 0 Å². The number of aliphatic carboxylic acids is 2. The SMILES string of the molecule is CC(/C=C/C(O)C(C)/C=C/C(=O)O)=C\C[C@H]1O[C@@]2(CC[C@H](C)[C@H](/C=C/C(C)=C/C(=O)O)O2)CC[C@@H]1C. The molecule has 0 bridgehead atoms. The average Bonchev–Trinajstić information content (AvgIpc) is 2.81. The molecule has 2 fully saturated rings. The zero-order valence-corrected chi connectivity index (χ0v) is 22.1. The molecule has 2 aliphatic rings. The highest BCUT2D eigenvalue weighted by molar-refractivity contribution is 5.81. The third-order valence-corrected chi connectivity index (χ3v) is 7.08. The van der Waals surface area contributed by atoms with E-state index in [4.69, 9.17) is 19.7 Å². The highest BCUT2D eigenvalue weighted by Gasteiger charge is 2.45. The molecule has 2 saturated heterocycles. The van der Waals surface area contributed by atoms with E-state index in [1.807, 2.05) is 25.2 Å². The van der Waals surface area contributed by atoms with Gasteiger partial charge in [-0.3, -0.25) is 0 Å². The molecule has 7 nitrogen and oxygen atoms in total. The highest BCUT2D eigenvalue weighted by atomic mass is 16.7. The van der Waals surface area contributed by atoms with Gasteiger partial charge in [-0.05, 0) is 50.5 Å². The van der Waals surface area contributed by atoms with Crippen LogP contribution in [0.4, 0.5) is 0 Å². The van der Waals surface area contributed by atoms with Crippen LogP contribution in [0, 0.1) is 17.8 Å². The Bertz CT molecular complexity index is 909. The lowest BCUT2D eigenvalue weighted by Gasteiger charge is -2.49. The van der Waals surface area contributed by atoms with E-state index in [2.05, 4.69) is 19.9 Å². The summed E-state index contributed by atoms with van der Waals surface area (Å²) in [5, 5.41) is 27.9. The molecule has 36 heavy (non-hydrogen) atoms. The van der Waals surface area contributed by atoms with E-state index in [1.165, 1.54) is 12.2 Å². The molecular weight excluding hydrogens is 460 g/mol. The van der Waals surface area contributed by atoms with Crippen molar-refractivity contribution in [2.45, 2.75) is 90.8 Å². The number of rotatable bonds is 10. The number of aliphatic hydroxyl groups is 1. The summed E-state index contributed by atoms with van der Waals surface area (Å²) < 4.78 is 13.1. The van der Waals surface area contributed by atoms with E-state index < -0.39 is 23.8 Å². The summed E-state index contributed by atoms with van der Waals surface area (Å²) in [4.78, 5) is 21.5. The van der Waals surface area contributed by atoms with Gasteiger partial charge in [0.1, 0.15) is 0 Å². The third-order valence-electron chi connectivity index (χ3n) is 7.08. The minimum Gasteiger partial charge on any atom is -0.478 e. The number of carboxylic acids is 2. The van der Waals surface area contributed by atoms with Crippen LogP contribution in [0.3, 0.4) is 0 Å². The Kier molecular flexibility index (Phi) is 11.3. The Labute approximate surface area is 214 Å². The van der Waals surface area contributed by atoms with Crippen molar-refractivity contribution >= 4 is 11.9 Å². The summed E-state index contributed by atoms with van der Waals surface area (Å²) in [5.74, 6) is -2.22. The molecule has 0 radical (unpaired) electrons. The van der Waals surface area contributed by atoms with Crippen LogP contribution in [0.25, 0.3) is 0 Å². The van der Waals surface area contributed by atoms with E-state index >= 15 is 0 Å². The molecule has 0 aromatic heterocycles. The average molecular weight is 503 g/mol. The molecule has 0 saturated carbocycles. The lowest BCUT2D eigenvalue weighted by Crippen LogP contribution is -2.51. The van der Waals surface area contributed by atoms with Gasteiger partial charge in [0.25, 0.3) is 0 Å². The normalized spacial score (nSPS) is 31.9. The van der Waals surface area contributed by atoms with E-state index in [0.29, 0.717) is 17.4 Å². The molecule has 2 aliphatic heterocycles. The smallest absolute Gasteiger partial charge is 0.328 e. The first-order valence-corrected chi connectivity index (χ1v) is 12.8. The lowest BCUT2D eigenvalue weighted by molar-refractivity contribution is -0.323. The maximum atomic E-state index is 10.9. The number of carbonyl (C=O) groups is 2. The summed E-state index contributed by atoms with van der Waals surface area (Å²) in [6.07, 6.45) is 16.6.